The molecule has 1 aromatic rings. The minimum Gasteiger partial charge on any atom is -0.0995 e. The Hall–Kier alpha value is -0.830. The van der Waals surface area contributed by atoms with Gasteiger partial charge in [-0.3, -0.25) is 0 Å². The molecular weight excluding hydrogens is 403 g/mol. The zero-order valence-corrected chi connectivity index (χ0v) is 18.4. The predicted molar refractivity (Wildman–Crippen MR) is 118 cm³/mol. The molecule has 0 bridgehead atoms. The summed E-state index contributed by atoms with van der Waals surface area (Å²) in [5.41, 5.74) is 5.55. The van der Waals surface area contributed by atoms with Crippen LogP contribution in [0.5, 0.6) is 0 Å². The fourth-order valence-electron chi connectivity index (χ4n) is 3.02. The first-order valence-corrected chi connectivity index (χ1v) is 10.2. The molecule has 1 aromatic carbocycles. The molecule has 0 saturated carbocycles. The Morgan fingerprint density at radius 3 is 2.29 bits per heavy atom. The summed E-state index contributed by atoms with van der Waals surface area (Å²) in [4.78, 5) is 0. The normalized spacial score (nSPS) is 17.5. The van der Waals surface area contributed by atoms with Crippen LogP contribution in [0.25, 0.3) is 0 Å². The number of alkyl halides is 1. The molecule has 0 radical (unpaired) electrons. The van der Waals surface area contributed by atoms with Gasteiger partial charge in [-0.15, -0.1) is 0 Å². The van der Waals surface area contributed by atoms with Crippen LogP contribution < -0.4 is 0 Å². The van der Waals surface area contributed by atoms with Crippen molar-refractivity contribution in [2.24, 2.45) is 5.41 Å². The van der Waals surface area contributed by atoms with E-state index < -0.39 is 0 Å². The molecule has 0 spiro atoms. The summed E-state index contributed by atoms with van der Waals surface area (Å²) in [6, 6.07) is 8.98. The molecule has 0 unspecified atom stereocenters. The largest absolute Gasteiger partial charge is 0.0995 e. The number of halogens is 1. The second-order valence-corrected chi connectivity index (χ2v) is 8.45. The van der Waals surface area contributed by atoms with Crippen molar-refractivity contribution < 1.29 is 0 Å². The van der Waals surface area contributed by atoms with E-state index in [1.165, 1.54) is 28.7 Å². The average molecular weight is 436 g/mol. The second kappa shape index (κ2) is 9.60. The highest BCUT2D eigenvalue weighted by Gasteiger charge is 2.34. The van der Waals surface area contributed by atoms with Crippen molar-refractivity contribution in [3.05, 3.63) is 71.3 Å². The van der Waals surface area contributed by atoms with Gasteiger partial charge in [0.1, 0.15) is 0 Å². The summed E-state index contributed by atoms with van der Waals surface area (Å²) in [5.74, 6) is 0.573. The van der Waals surface area contributed by atoms with E-state index in [1.807, 2.05) is 0 Å². The van der Waals surface area contributed by atoms with E-state index >= 15 is 0 Å². The lowest BCUT2D eigenvalue weighted by molar-refractivity contribution is 0.359. The van der Waals surface area contributed by atoms with Crippen molar-refractivity contribution in [2.75, 3.05) is 0 Å². The number of rotatable bonds is 8. The van der Waals surface area contributed by atoms with Crippen LogP contribution >= 0.6 is 22.6 Å². The monoisotopic (exact) mass is 436 g/mol. The zero-order chi connectivity index (χ0) is 18.3. The maximum Gasteiger partial charge on any atom is 0.0446 e. The third-order valence-corrected chi connectivity index (χ3v) is 7.36. The first kappa shape index (κ1) is 21.2. The van der Waals surface area contributed by atoms with Gasteiger partial charge in [0.25, 0.3) is 0 Å². The molecule has 0 N–H and O–H groups in total. The van der Waals surface area contributed by atoms with Crippen LogP contribution in [0.15, 0.2) is 60.2 Å². The van der Waals surface area contributed by atoms with Crippen LogP contribution in [0.1, 0.15) is 64.5 Å². The number of aryl methyl sites for hydroxylation is 1. The minimum absolute atomic E-state index is 0.112. The van der Waals surface area contributed by atoms with Gasteiger partial charge in [0.2, 0.25) is 0 Å². The van der Waals surface area contributed by atoms with Crippen molar-refractivity contribution in [3.63, 3.8) is 0 Å². The van der Waals surface area contributed by atoms with E-state index in [1.54, 1.807) is 0 Å². The molecule has 3 atom stereocenters. The summed E-state index contributed by atoms with van der Waals surface area (Å²) in [5, 5.41) is 0. The number of hydrogen-bond acceptors (Lipinski definition) is 0. The Balaban J connectivity index is 2.92. The SMILES string of the molecule is C=C(C)[C@@](C)(CC[C@@H](C)c1ccc(C)cc1)[C@@H](I)C(/C=C\C)=C\C. The lowest BCUT2D eigenvalue weighted by Gasteiger charge is -2.37. The molecule has 0 aromatic heterocycles. The fourth-order valence-corrected chi connectivity index (χ4v) is 4.43. The lowest BCUT2D eigenvalue weighted by atomic mass is 9.72. The average Bonchev–Trinajstić information content (AvgIpc) is 2.57. The van der Waals surface area contributed by atoms with Crippen molar-refractivity contribution in [1.29, 1.82) is 0 Å². The molecule has 0 fully saturated rings. The summed E-state index contributed by atoms with van der Waals surface area (Å²) >= 11 is 2.61. The molecule has 0 amide bonds. The van der Waals surface area contributed by atoms with Crippen LogP contribution in [-0.2, 0) is 0 Å². The van der Waals surface area contributed by atoms with E-state index in [2.05, 4.69) is 113 Å². The molecule has 132 valence electrons. The van der Waals surface area contributed by atoms with Crippen LogP contribution in [0.3, 0.4) is 0 Å². The molecule has 1 rings (SSSR count). The van der Waals surface area contributed by atoms with Crippen LogP contribution in [0.4, 0.5) is 0 Å². The molecule has 0 aliphatic rings. The van der Waals surface area contributed by atoms with E-state index in [4.69, 9.17) is 0 Å². The maximum absolute atomic E-state index is 4.33. The number of hydrogen-bond donors (Lipinski definition) is 0. The van der Waals surface area contributed by atoms with Gasteiger partial charge in [-0.1, -0.05) is 96.6 Å². The topological polar surface area (TPSA) is 0 Å². The van der Waals surface area contributed by atoms with Crippen molar-refractivity contribution in [3.8, 4) is 0 Å². The van der Waals surface area contributed by atoms with E-state index in [0.29, 0.717) is 9.84 Å². The highest BCUT2D eigenvalue weighted by atomic mass is 127. The van der Waals surface area contributed by atoms with E-state index in [9.17, 15) is 0 Å². The molecule has 1 heteroatoms. The molecule has 0 saturated heterocycles. The fraction of sp³-hybridized carbons (Fsp3) is 0.478. The Morgan fingerprint density at radius 2 is 1.83 bits per heavy atom. The highest BCUT2D eigenvalue weighted by molar-refractivity contribution is 14.1. The summed E-state index contributed by atoms with van der Waals surface area (Å²) in [6.07, 6.45) is 8.94. The minimum atomic E-state index is 0.112. The Kier molecular flexibility index (Phi) is 8.49. The Morgan fingerprint density at radius 1 is 1.25 bits per heavy atom. The van der Waals surface area contributed by atoms with Crippen molar-refractivity contribution in [1.82, 2.24) is 0 Å². The smallest absolute Gasteiger partial charge is 0.0446 e. The summed E-state index contributed by atoms with van der Waals surface area (Å²) in [7, 11) is 0. The highest BCUT2D eigenvalue weighted by Crippen LogP contribution is 2.44. The quantitative estimate of drug-likeness (QED) is 0.169. The van der Waals surface area contributed by atoms with Crippen molar-refractivity contribution >= 4 is 22.6 Å². The van der Waals surface area contributed by atoms with Crippen LogP contribution in [-0.4, -0.2) is 3.92 Å². The van der Waals surface area contributed by atoms with Gasteiger partial charge in [-0.05, 0) is 57.6 Å². The number of allylic oxidation sites excluding steroid dienone is 5. The third kappa shape index (κ3) is 5.34. The second-order valence-electron chi connectivity index (χ2n) is 7.20. The Labute approximate surface area is 163 Å². The van der Waals surface area contributed by atoms with Gasteiger partial charge in [0.05, 0.1) is 0 Å². The van der Waals surface area contributed by atoms with Gasteiger partial charge in [0, 0.05) is 9.34 Å². The molecule has 0 nitrogen and oxygen atoms in total. The van der Waals surface area contributed by atoms with Gasteiger partial charge in [-0.25, -0.2) is 0 Å². The molecule has 0 heterocycles. The lowest BCUT2D eigenvalue weighted by Crippen LogP contribution is -2.30. The van der Waals surface area contributed by atoms with Gasteiger partial charge >= 0.3 is 0 Å². The summed E-state index contributed by atoms with van der Waals surface area (Å²) in [6.45, 7) is 17.6. The Bertz CT molecular complexity index is 591. The van der Waals surface area contributed by atoms with E-state index in [0.717, 1.165) is 6.42 Å². The maximum atomic E-state index is 4.33. The van der Waals surface area contributed by atoms with Crippen LogP contribution in [0.2, 0.25) is 0 Å². The number of benzene rings is 1. The molecular formula is C23H33I. The first-order chi connectivity index (χ1) is 11.3. The predicted octanol–water partition coefficient (Wildman–Crippen LogP) is 7.79. The van der Waals surface area contributed by atoms with Gasteiger partial charge < -0.3 is 0 Å². The first-order valence-electron chi connectivity index (χ1n) is 8.91. The van der Waals surface area contributed by atoms with Gasteiger partial charge in [-0.2, -0.15) is 0 Å². The zero-order valence-electron chi connectivity index (χ0n) is 16.2. The standard InChI is InChI=1S/C23H33I/c1-8-10-20(9-2)22(24)23(7,17(3)4)16-15-19(6)21-13-11-18(5)12-14-21/h8-14,19,22H,3,15-16H2,1-2,4-7H3/b10-8-,20-9-/t19-,22+,23-/m1/s1. The third-order valence-electron chi connectivity index (χ3n) is 5.26. The molecule has 24 heavy (non-hydrogen) atoms. The summed E-state index contributed by atoms with van der Waals surface area (Å²) < 4.78 is 0.444. The molecule has 0 aliphatic heterocycles. The molecule has 0 aliphatic carbocycles. The van der Waals surface area contributed by atoms with Gasteiger partial charge in [0.15, 0.2) is 0 Å². The van der Waals surface area contributed by atoms with Crippen LogP contribution in [0, 0.1) is 12.3 Å². The van der Waals surface area contributed by atoms with Crippen molar-refractivity contribution in [2.45, 2.75) is 64.2 Å². The van der Waals surface area contributed by atoms with E-state index in [-0.39, 0.29) is 5.41 Å².